The molecule has 0 aromatic rings. The van der Waals surface area contributed by atoms with Gasteiger partial charge in [0.05, 0.1) is 0 Å². The molecule has 6 heteroatoms. The largest absolute Gasteiger partial charge is 0.455 e. The first-order chi connectivity index (χ1) is 15.6. The van der Waals surface area contributed by atoms with E-state index in [1.54, 1.807) is 0 Å². The van der Waals surface area contributed by atoms with Crippen molar-refractivity contribution < 1.29 is 19.1 Å². The number of unbranched alkanes of at least 4 members (excludes halogenated alkanes) is 16. The minimum Gasteiger partial charge on any atom is -0.455 e. The zero-order valence-electron chi connectivity index (χ0n) is 20.9. The Morgan fingerprint density at radius 3 is 1.19 bits per heavy atom. The first-order valence-corrected chi connectivity index (χ1v) is 15.1. The standard InChI is InChI=1S/C13H25ClO2.C13H25IO2/c2*1-2-3-4-5-6-7-8-9-10-11-13(15)16-12-14/h2*2-12H2,1H3. The van der Waals surface area contributed by atoms with Crippen molar-refractivity contribution in [3.63, 3.8) is 0 Å². The minimum absolute atomic E-state index is 0.0176. The first kappa shape index (κ1) is 34.1. The molecule has 0 rings (SSSR count). The number of halogens is 2. The third-order valence-corrected chi connectivity index (χ3v) is 5.82. The Kier molecular flexibility index (Phi) is 33.0. The second-order valence-electron chi connectivity index (χ2n) is 8.41. The monoisotopic (exact) mass is 588 g/mol. The van der Waals surface area contributed by atoms with Gasteiger partial charge in [0, 0.05) is 12.8 Å². The number of carbonyl (C=O) groups is 2. The zero-order chi connectivity index (χ0) is 24.1. The van der Waals surface area contributed by atoms with Crippen molar-refractivity contribution in [2.75, 3.05) is 10.7 Å². The third-order valence-electron chi connectivity index (χ3n) is 5.40. The van der Waals surface area contributed by atoms with Crippen molar-refractivity contribution in [1.29, 1.82) is 0 Å². The average molecular weight is 589 g/mol. The average Bonchev–Trinajstić information content (AvgIpc) is 2.78. The molecule has 0 saturated carbocycles. The highest BCUT2D eigenvalue weighted by Gasteiger charge is 2.01. The molecule has 0 aromatic heterocycles. The molecule has 0 radical (unpaired) electrons. The van der Waals surface area contributed by atoms with Crippen LogP contribution in [0.3, 0.4) is 0 Å². The van der Waals surface area contributed by atoms with Gasteiger partial charge in [-0.25, -0.2) is 0 Å². The molecule has 0 atom stereocenters. The smallest absolute Gasteiger partial charge is 0.306 e. The summed E-state index contributed by atoms with van der Waals surface area (Å²) in [7, 11) is 0. The minimum atomic E-state index is -0.169. The Morgan fingerprint density at radius 1 is 0.562 bits per heavy atom. The SMILES string of the molecule is CCCCCCCCCCCC(=O)OCCl.CCCCCCCCCCCC(=O)OCI. The van der Waals surface area contributed by atoms with E-state index < -0.39 is 0 Å². The van der Waals surface area contributed by atoms with E-state index in [0.717, 1.165) is 19.3 Å². The van der Waals surface area contributed by atoms with Crippen LogP contribution in [-0.2, 0) is 19.1 Å². The molecule has 0 spiro atoms. The highest BCUT2D eigenvalue weighted by atomic mass is 127. The van der Waals surface area contributed by atoms with Gasteiger partial charge in [-0.1, -0.05) is 128 Å². The number of hydrogen-bond acceptors (Lipinski definition) is 4. The molecule has 0 aliphatic rings. The summed E-state index contributed by atoms with van der Waals surface area (Å²) >= 11 is 7.33. The Labute approximate surface area is 217 Å². The zero-order valence-corrected chi connectivity index (χ0v) is 23.9. The van der Waals surface area contributed by atoms with Crippen LogP contribution in [0.1, 0.15) is 142 Å². The second kappa shape index (κ2) is 31.0. The number of alkyl halides is 2. The number of esters is 2. The highest BCUT2D eigenvalue weighted by Crippen LogP contribution is 2.11. The van der Waals surface area contributed by atoms with Crippen LogP contribution in [0.15, 0.2) is 0 Å². The number of ether oxygens (including phenoxy) is 2. The van der Waals surface area contributed by atoms with Gasteiger partial charge in [-0.2, -0.15) is 0 Å². The molecule has 0 aliphatic heterocycles. The maximum atomic E-state index is 11.0. The van der Waals surface area contributed by atoms with E-state index in [2.05, 4.69) is 18.6 Å². The van der Waals surface area contributed by atoms with Crippen LogP contribution in [0.4, 0.5) is 0 Å². The van der Waals surface area contributed by atoms with E-state index in [1.807, 2.05) is 22.6 Å². The fourth-order valence-corrected chi connectivity index (χ4v) is 3.90. The molecule has 32 heavy (non-hydrogen) atoms. The maximum absolute atomic E-state index is 11.0. The Morgan fingerprint density at radius 2 is 0.875 bits per heavy atom. The summed E-state index contributed by atoms with van der Waals surface area (Å²) in [6.45, 7) is 4.48. The molecule has 0 N–H and O–H groups in total. The van der Waals surface area contributed by atoms with E-state index >= 15 is 0 Å². The molecule has 0 fully saturated rings. The molecule has 0 aromatic carbocycles. The normalized spacial score (nSPS) is 10.4. The van der Waals surface area contributed by atoms with Gasteiger partial charge in [-0.05, 0) is 35.4 Å². The third kappa shape index (κ3) is 32.1. The van der Waals surface area contributed by atoms with Crippen molar-refractivity contribution in [1.82, 2.24) is 0 Å². The van der Waals surface area contributed by atoms with Crippen molar-refractivity contribution in [3.8, 4) is 0 Å². The van der Waals surface area contributed by atoms with Crippen LogP contribution < -0.4 is 0 Å². The van der Waals surface area contributed by atoms with Crippen LogP contribution in [-0.4, -0.2) is 22.6 Å². The van der Waals surface area contributed by atoms with Crippen molar-refractivity contribution in [2.24, 2.45) is 0 Å². The number of carbonyl (C=O) groups excluding carboxylic acids is 2. The van der Waals surface area contributed by atoms with Crippen LogP contribution in [0.5, 0.6) is 0 Å². The van der Waals surface area contributed by atoms with Crippen LogP contribution in [0, 0.1) is 0 Å². The molecule has 192 valence electrons. The quantitative estimate of drug-likeness (QED) is 0.0547. The second-order valence-corrected chi connectivity index (χ2v) is 9.25. The van der Waals surface area contributed by atoms with Gasteiger partial charge in [0.2, 0.25) is 0 Å². The fraction of sp³-hybridized carbons (Fsp3) is 0.923. The van der Waals surface area contributed by atoms with Gasteiger partial charge in [-0.15, -0.1) is 0 Å². The van der Waals surface area contributed by atoms with Gasteiger partial charge in [-0.3, -0.25) is 9.59 Å². The molecule has 0 unspecified atom stereocenters. The van der Waals surface area contributed by atoms with Crippen LogP contribution in [0.25, 0.3) is 0 Å². The van der Waals surface area contributed by atoms with E-state index in [-0.39, 0.29) is 18.0 Å². The fourth-order valence-electron chi connectivity index (χ4n) is 3.43. The molecule has 4 nitrogen and oxygen atoms in total. The lowest BCUT2D eigenvalue weighted by atomic mass is 10.1. The highest BCUT2D eigenvalue weighted by molar-refractivity contribution is 14.1. The summed E-state index contributed by atoms with van der Waals surface area (Å²) in [5.41, 5.74) is 0. The number of rotatable bonds is 22. The predicted octanol–water partition coefficient (Wildman–Crippen LogP) is 9.49. The summed E-state index contributed by atoms with van der Waals surface area (Å²) < 4.78 is 9.98. The van der Waals surface area contributed by atoms with Gasteiger partial charge in [0.25, 0.3) is 0 Å². The van der Waals surface area contributed by atoms with Gasteiger partial charge in [0.15, 0.2) is 6.07 Å². The van der Waals surface area contributed by atoms with Crippen LogP contribution >= 0.6 is 34.2 Å². The molecule has 0 heterocycles. The van der Waals surface area contributed by atoms with Crippen molar-refractivity contribution >= 4 is 46.1 Å². The summed E-state index contributed by atoms with van der Waals surface area (Å²) in [5, 5.41) is 0. The summed E-state index contributed by atoms with van der Waals surface area (Å²) in [6, 6.07) is -0.0176. The van der Waals surface area contributed by atoms with Crippen molar-refractivity contribution in [2.45, 2.75) is 142 Å². The molecular weight excluding hydrogens is 539 g/mol. The van der Waals surface area contributed by atoms with Gasteiger partial charge < -0.3 is 9.47 Å². The first-order valence-electron chi connectivity index (χ1n) is 13.0. The van der Waals surface area contributed by atoms with Crippen molar-refractivity contribution in [3.05, 3.63) is 0 Å². The van der Waals surface area contributed by atoms with E-state index in [0.29, 0.717) is 17.5 Å². The predicted molar refractivity (Wildman–Crippen MR) is 145 cm³/mol. The lowest BCUT2D eigenvalue weighted by Gasteiger charge is -2.02. The molecule has 0 saturated heterocycles. The van der Waals surface area contributed by atoms with Gasteiger partial charge in [0.1, 0.15) is 4.61 Å². The Bertz CT molecular complexity index is 358. The summed E-state index contributed by atoms with van der Waals surface area (Å²) in [6.07, 6.45) is 24.0. The Hall–Kier alpha value is -0.0400. The lowest BCUT2D eigenvalue weighted by molar-refractivity contribution is -0.142. The number of hydrogen-bond donors (Lipinski definition) is 0. The van der Waals surface area contributed by atoms with E-state index in [9.17, 15) is 9.59 Å². The Balaban J connectivity index is 0. The lowest BCUT2D eigenvalue weighted by Crippen LogP contribution is -2.01. The van der Waals surface area contributed by atoms with E-state index in [4.69, 9.17) is 16.3 Å². The van der Waals surface area contributed by atoms with E-state index in [1.165, 1.54) is 96.3 Å². The summed E-state index contributed by atoms with van der Waals surface area (Å²) in [5.74, 6) is -0.213. The van der Waals surface area contributed by atoms with Gasteiger partial charge >= 0.3 is 11.9 Å². The molecular formula is C26H50ClIO4. The molecule has 0 bridgehead atoms. The maximum Gasteiger partial charge on any atom is 0.306 e. The summed E-state index contributed by atoms with van der Waals surface area (Å²) in [4.78, 5) is 22.0. The van der Waals surface area contributed by atoms with Crippen LogP contribution in [0.2, 0.25) is 0 Å². The topological polar surface area (TPSA) is 52.6 Å². The molecule has 0 aliphatic carbocycles. The molecule has 0 amide bonds.